The van der Waals surface area contributed by atoms with Crippen LogP contribution >= 0.6 is 0 Å². The van der Waals surface area contributed by atoms with Crippen molar-refractivity contribution in [2.45, 2.75) is 45.2 Å². The Morgan fingerprint density at radius 2 is 2.39 bits per heavy atom. The quantitative estimate of drug-likeness (QED) is 0.852. The summed E-state index contributed by atoms with van der Waals surface area (Å²) in [6.45, 7) is 3.55. The first-order valence-corrected chi connectivity index (χ1v) is 6.68. The fourth-order valence-corrected chi connectivity index (χ4v) is 2.24. The third-order valence-electron chi connectivity index (χ3n) is 3.48. The van der Waals surface area contributed by atoms with Crippen LogP contribution in [0.25, 0.3) is 0 Å². The number of hydrogen-bond donors (Lipinski definition) is 2. The first kappa shape index (κ1) is 13.0. The largest absolute Gasteiger partial charge is 0.351 e. The van der Waals surface area contributed by atoms with Crippen molar-refractivity contribution in [1.82, 2.24) is 15.6 Å². The van der Waals surface area contributed by atoms with Gasteiger partial charge in [0, 0.05) is 18.9 Å². The van der Waals surface area contributed by atoms with E-state index in [9.17, 15) is 4.79 Å². The number of aromatic nitrogens is 1. The highest BCUT2D eigenvalue weighted by Crippen LogP contribution is 2.09. The second-order valence-corrected chi connectivity index (χ2v) is 4.88. The molecule has 4 heteroatoms. The molecule has 0 bridgehead atoms. The van der Waals surface area contributed by atoms with E-state index < -0.39 is 0 Å². The molecule has 1 aromatic heterocycles. The lowest BCUT2D eigenvalue weighted by molar-refractivity contribution is -0.123. The van der Waals surface area contributed by atoms with E-state index in [1.807, 2.05) is 19.2 Å². The number of hydrogen-bond acceptors (Lipinski definition) is 3. The summed E-state index contributed by atoms with van der Waals surface area (Å²) < 4.78 is 0. The molecule has 98 valence electrons. The molecule has 0 spiro atoms. The Labute approximate surface area is 108 Å². The number of amides is 1. The summed E-state index contributed by atoms with van der Waals surface area (Å²) in [7, 11) is 0. The predicted octanol–water partition coefficient (Wildman–Crippen LogP) is 1.54. The van der Waals surface area contributed by atoms with Crippen LogP contribution in [-0.2, 0) is 11.3 Å². The smallest absolute Gasteiger partial charge is 0.237 e. The summed E-state index contributed by atoms with van der Waals surface area (Å²) in [5.41, 5.74) is 2.25. The van der Waals surface area contributed by atoms with Crippen LogP contribution in [0.3, 0.4) is 0 Å². The fourth-order valence-electron chi connectivity index (χ4n) is 2.24. The molecule has 0 saturated carbocycles. The van der Waals surface area contributed by atoms with Crippen LogP contribution in [0.15, 0.2) is 18.5 Å². The molecule has 2 N–H and O–H groups in total. The van der Waals surface area contributed by atoms with Gasteiger partial charge >= 0.3 is 0 Å². The predicted molar refractivity (Wildman–Crippen MR) is 71.1 cm³/mol. The Bertz CT molecular complexity index is 398. The van der Waals surface area contributed by atoms with E-state index in [1.165, 1.54) is 18.4 Å². The SMILES string of the molecule is Cc1ccncc1CNC(=O)C1CCCCCN1. The Morgan fingerprint density at radius 3 is 3.22 bits per heavy atom. The van der Waals surface area contributed by atoms with E-state index in [1.54, 1.807) is 6.20 Å². The van der Waals surface area contributed by atoms with Crippen molar-refractivity contribution in [1.29, 1.82) is 0 Å². The monoisotopic (exact) mass is 247 g/mol. The molecule has 0 aromatic carbocycles. The van der Waals surface area contributed by atoms with Gasteiger partial charge in [-0.15, -0.1) is 0 Å². The van der Waals surface area contributed by atoms with Crippen LogP contribution < -0.4 is 10.6 Å². The Balaban J connectivity index is 1.86. The Hall–Kier alpha value is -1.42. The molecule has 2 rings (SSSR count). The number of nitrogens with one attached hydrogen (secondary N) is 2. The molecule has 2 heterocycles. The van der Waals surface area contributed by atoms with E-state index in [0.29, 0.717) is 6.54 Å². The average Bonchev–Trinajstić information content (AvgIpc) is 2.66. The van der Waals surface area contributed by atoms with Crippen molar-refractivity contribution in [2.75, 3.05) is 6.54 Å². The van der Waals surface area contributed by atoms with Crippen LogP contribution in [0.5, 0.6) is 0 Å². The maximum atomic E-state index is 12.0. The molecular formula is C14H21N3O. The third kappa shape index (κ3) is 3.53. The normalized spacial score (nSPS) is 20.2. The van der Waals surface area contributed by atoms with E-state index in [-0.39, 0.29) is 11.9 Å². The summed E-state index contributed by atoms with van der Waals surface area (Å²) >= 11 is 0. The van der Waals surface area contributed by atoms with Crippen LogP contribution in [-0.4, -0.2) is 23.5 Å². The van der Waals surface area contributed by atoms with Crippen molar-refractivity contribution in [3.63, 3.8) is 0 Å². The van der Waals surface area contributed by atoms with Crippen LogP contribution in [0.1, 0.15) is 36.8 Å². The van der Waals surface area contributed by atoms with Crippen LogP contribution in [0, 0.1) is 6.92 Å². The molecule has 4 nitrogen and oxygen atoms in total. The standard InChI is InChI=1S/C14H21N3O/c1-11-6-8-15-9-12(11)10-17-14(18)13-5-3-2-4-7-16-13/h6,8-9,13,16H,2-5,7,10H2,1H3,(H,17,18). The summed E-state index contributed by atoms with van der Waals surface area (Å²) in [5, 5.41) is 6.30. The Kier molecular flexibility index (Phi) is 4.70. The first-order chi connectivity index (χ1) is 8.77. The molecule has 1 aliphatic heterocycles. The lowest BCUT2D eigenvalue weighted by Gasteiger charge is -2.16. The van der Waals surface area contributed by atoms with Gasteiger partial charge in [-0.3, -0.25) is 9.78 Å². The summed E-state index contributed by atoms with van der Waals surface area (Å²) in [6, 6.07) is 1.94. The average molecular weight is 247 g/mol. The van der Waals surface area contributed by atoms with Gasteiger partial charge in [0.15, 0.2) is 0 Å². The van der Waals surface area contributed by atoms with Gasteiger partial charge in [0.1, 0.15) is 0 Å². The van der Waals surface area contributed by atoms with Crippen LogP contribution in [0.4, 0.5) is 0 Å². The van der Waals surface area contributed by atoms with E-state index >= 15 is 0 Å². The van der Waals surface area contributed by atoms with Crippen molar-refractivity contribution in [2.24, 2.45) is 0 Å². The molecule has 1 amide bonds. The van der Waals surface area contributed by atoms with Gasteiger partial charge < -0.3 is 10.6 Å². The molecular weight excluding hydrogens is 226 g/mol. The zero-order chi connectivity index (χ0) is 12.8. The van der Waals surface area contributed by atoms with Gasteiger partial charge in [-0.05, 0) is 43.5 Å². The molecule has 0 aliphatic carbocycles. The minimum atomic E-state index is -0.0236. The molecule has 1 saturated heterocycles. The minimum absolute atomic E-state index is 0.0236. The Morgan fingerprint density at radius 1 is 1.50 bits per heavy atom. The van der Waals surface area contributed by atoms with Gasteiger partial charge in [-0.25, -0.2) is 0 Å². The summed E-state index contributed by atoms with van der Waals surface area (Å²) in [5.74, 6) is 0.111. The number of rotatable bonds is 3. The maximum absolute atomic E-state index is 12.0. The second kappa shape index (κ2) is 6.50. The lowest BCUT2D eigenvalue weighted by Crippen LogP contribution is -2.43. The molecule has 1 aromatic rings. The number of carbonyl (C=O) groups excluding carboxylic acids is 1. The molecule has 1 atom stereocenters. The first-order valence-electron chi connectivity index (χ1n) is 6.68. The zero-order valence-corrected chi connectivity index (χ0v) is 10.9. The lowest BCUT2D eigenvalue weighted by atomic mass is 10.1. The van der Waals surface area contributed by atoms with Gasteiger partial charge in [0.2, 0.25) is 5.91 Å². The molecule has 1 unspecified atom stereocenters. The number of carbonyl (C=O) groups is 1. The maximum Gasteiger partial charge on any atom is 0.237 e. The second-order valence-electron chi connectivity index (χ2n) is 4.88. The molecule has 1 aliphatic rings. The highest BCUT2D eigenvalue weighted by Gasteiger charge is 2.18. The zero-order valence-electron chi connectivity index (χ0n) is 10.9. The fraction of sp³-hybridized carbons (Fsp3) is 0.571. The van der Waals surface area contributed by atoms with Gasteiger partial charge in [-0.2, -0.15) is 0 Å². The van der Waals surface area contributed by atoms with Gasteiger partial charge in [0.25, 0.3) is 0 Å². The van der Waals surface area contributed by atoms with Gasteiger partial charge in [-0.1, -0.05) is 12.8 Å². The van der Waals surface area contributed by atoms with E-state index in [0.717, 1.165) is 24.9 Å². The van der Waals surface area contributed by atoms with Gasteiger partial charge in [0.05, 0.1) is 6.04 Å². The number of aryl methyl sites for hydroxylation is 1. The number of pyridine rings is 1. The van der Waals surface area contributed by atoms with Crippen molar-refractivity contribution < 1.29 is 4.79 Å². The highest BCUT2D eigenvalue weighted by molar-refractivity contribution is 5.81. The van der Waals surface area contributed by atoms with E-state index in [2.05, 4.69) is 15.6 Å². The summed E-state index contributed by atoms with van der Waals surface area (Å²) in [4.78, 5) is 16.1. The van der Waals surface area contributed by atoms with Crippen molar-refractivity contribution in [3.05, 3.63) is 29.6 Å². The highest BCUT2D eigenvalue weighted by atomic mass is 16.2. The topological polar surface area (TPSA) is 54.0 Å². The van der Waals surface area contributed by atoms with Crippen molar-refractivity contribution in [3.8, 4) is 0 Å². The molecule has 0 radical (unpaired) electrons. The minimum Gasteiger partial charge on any atom is -0.351 e. The third-order valence-corrected chi connectivity index (χ3v) is 3.48. The van der Waals surface area contributed by atoms with Crippen molar-refractivity contribution >= 4 is 5.91 Å². The molecule has 18 heavy (non-hydrogen) atoms. The van der Waals surface area contributed by atoms with E-state index in [4.69, 9.17) is 0 Å². The summed E-state index contributed by atoms with van der Waals surface area (Å²) in [6.07, 6.45) is 8.06. The van der Waals surface area contributed by atoms with Crippen LogP contribution in [0.2, 0.25) is 0 Å². The molecule has 1 fully saturated rings. The number of nitrogens with zero attached hydrogens (tertiary/aromatic N) is 1.